The summed E-state index contributed by atoms with van der Waals surface area (Å²) in [4.78, 5) is 26.9. The number of aromatic amines is 1. The molecule has 0 bridgehead atoms. The number of benzene rings is 1. The van der Waals surface area contributed by atoms with Gasteiger partial charge in [0, 0.05) is 28.7 Å². The SMILES string of the molecule is CC(C)=CC(=O)O[C@@H](C)C(=O)c1c[nH]c2ccccc12. The number of rotatable bonds is 4. The van der Waals surface area contributed by atoms with Gasteiger partial charge in [0.05, 0.1) is 0 Å². The van der Waals surface area contributed by atoms with Crippen LogP contribution in [0.1, 0.15) is 31.1 Å². The lowest BCUT2D eigenvalue weighted by molar-refractivity contribution is -0.140. The summed E-state index contributed by atoms with van der Waals surface area (Å²) < 4.78 is 5.12. The summed E-state index contributed by atoms with van der Waals surface area (Å²) in [5.41, 5.74) is 2.26. The molecule has 0 radical (unpaired) electrons. The highest BCUT2D eigenvalue weighted by Crippen LogP contribution is 2.19. The van der Waals surface area contributed by atoms with E-state index >= 15 is 0 Å². The van der Waals surface area contributed by atoms with Crippen LogP contribution in [0.2, 0.25) is 0 Å². The van der Waals surface area contributed by atoms with Crippen molar-refractivity contribution in [2.24, 2.45) is 0 Å². The number of aromatic nitrogens is 1. The number of allylic oxidation sites excluding steroid dienone is 1. The van der Waals surface area contributed by atoms with E-state index in [0.29, 0.717) is 5.56 Å². The molecule has 2 rings (SSSR count). The molecule has 0 fully saturated rings. The Bertz CT molecular complexity index is 678. The predicted molar refractivity (Wildman–Crippen MR) is 77.6 cm³/mol. The maximum atomic E-state index is 12.3. The number of ketones is 1. The van der Waals surface area contributed by atoms with Gasteiger partial charge >= 0.3 is 5.97 Å². The van der Waals surface area contributed by atoms with Gasteiger partial charge in [-0.25, -0.2) is 4.79 Å². The van der Waals surface area contributed by atoms with Crippen molar-refractivity contribution >= 4 is 22.7 Å². The maximum absolute atomic E-state index is 12.3. The molecule has 104 valence electrons. The van der Waals surface area contributed by atoms with E-state index in [1.165, 1.54) is 6.08 Å². The van der Waals surface area contributed by atoms with Gasteiger partial charge in [0.25, 0.3) is 0 Å². The number of esters is 1. The molecule has 1 aromatic heterocycles. The summed E-state index contributed by atoms with van der Waals surface area (Å²) in [7, 11) is 0. The molecule has 0 aliphatic heterocycles. The Hall–Kier alpha value is -2.36. The monoisotopic (exact) mass is 271 g/mol. The van der Waals surface area contributed by atoms with E-state index in [1.54, 1.807) is 27.0 Å². The number of H-pyrrole nitrogens is 1. The number of para-hydroxylation sites is 1. The zero-order valence-electron chi connectivity index (χ0n) is 11.8. The molecule has 0 spiro atoms. The third-order valence-electron chi connectivity index (χ3n) is 2.92. The van der Waals surface area contributed by atoms with Crippen molar-refractivity contribution in [1.82, 2.24) is 4.98 Å². The Morgan fingerprint density at radius 1 is 1.25 bits per heavy atom. The van der Waals surface area contributed by atoms with Gasteiger partial charge in [-0.3, -0.25) is 4.79 Å². The number of Topliss-reactive ketones (excluding diaryl/α,β-unsaturated/α-hetero) is 1. The highest BCUT2D eigenvalue weighted by atomic mass is 16.5. The van der Waals surface area contributed by atoms with Crippen molar-refractivity contribution in [2.75, 3.05) is 0 Å². The average molecular weight is 271 g/mol. The number of nitrogens with one attached hydrogen (secondary N) is 1. The Balaban J connectivity index is 2.19. The van der Waals surface area contributed by atoms with Crippen LogP contribution in [-0.2, 0) is 9.53 Å². The van der Waals surface area contributed by atoms with Crippen LogP contribution >= 0.6 is 0 Å². The summed E-state index contributed by atoms with van der Waals surface area (Å²) in [5.74, 6) is -0.705. The molecular formula is C16H17NO3. The van der Waals surface area contributed by atoms with E-state index < -0.39 is 12.1 Å². The van der Waals surface area contributed by atoms with Gasteiger partial charge in [0.2, 0.25) is 5.78 Å². The summed E-state index contributed by atoms with van der Waals surface area (Å²) in [5, 5.41) is 0.836. The van der Waals surface area contributed by atoms with Gasteiger partial charge < -0.3 is 9.72 Å². The van der Waals surface area contributed by atoms with Crippen molar-refractivity contribution in [2.45, 2.75) is 26.9 Å². The lowest BCUT2D eigenvalue weighted by Crippen LogP contribution is -2.23. The topological polar surface area (TPSA) is 59.2 Å². The average Bonchev–Trinajstić information content (AvgIpc) is 2.80. The van der Waals surface area contributed by atoms with Crippen molar-refractivity contribution in [1.29, 1.82) is 0 Å². The van der Waals surface area contributed by atoms with Gasteiger partial charge in [-0.15, -0.1) is 0 Å². The second-order valence-electron chi connectivity index (χ2n) is 4.91. The van der Waals surface area contributed by atoms with Gasteiger partial charge in [-0.1, -0.05) is 23.8 Å². The zero-order chi connectivity index (χ0) is 14.7. The van der Waals surface area contributed by atoms with Crippen molar-refractivity contribution in [3.63, 3.8) is 0 Å². The van der Waals surface area contributed by atoms with Crippen molar-refractivity contribution in [3.8, 4) is 0 Å². The minimum Gasteiger partial charge on any atom is -0.451 e. The second kappa shape index (κ2) is 5.74. The van der Waals surface area contributed by atoms with Crippen molar-refractivity contribution in [3.05, 3.63) is 47.7 Å². The third-order valence-corrected chi connectivity index (χ3v) is 2.92. The molecule has 20 heavy (non-hydrogen) atoms. The van der Waals surface area contributed by atoms with Gasteiger partial charge in [0.15, 0.2) is 6.10 Å². The number of carbonyl (C=O) groups excluding carboxylic acids is 2. The Morgan fingerprint density at radius 3 is 2.65 bits per heavy atom. The van der Waals surface area contributed by atoms with Crippen LogP contribution in [0.4, 0.5) is 0 Å². The standard InChI is InChI=1S/C16H17NO3/c1-10(2)8-15(18)20-11(3)16(19)13-9-17-14-7-5-4-6-12(13)14/h4-9,11,17H,1-3H3/t11-/m0/s1. The molecule has 0 unspecified atom stereocenters. The lowest BCUT2D eigenvalue weighted by Gasteiger charge is -2.10. The van der Waals surface area contributed by atoms with Crippen LogP contribution in [0.5, 0.6) is 0 Å². The minimum atomic E-state index is -0.808. The normalized spacial score (nSPS) is 11.9. The molecule has 1 heterocycles. The fourth-order valence-electron chi connectivity index (χ4n) is 1.99. The van der Waals surface area contributed by atoms with Crippen LogP contribution in [0.3, 0.4) is 0 Å². The molecule has 0 saturated heterocycles. The fraction of sp³-hybridized carbons (Fsp3) is 0.250. The summed E-state index contributed by atoms with van der Waals surface area (Å²) >= 11 is 0. The molecular weight excluding hydrogens is 254 g/mol. The first-order valence-corrected chi connectivity index (χ1v) is 6.45. The van der Waals surface area contributed by atoms with E-state index in [1.807, 2.05) is 24.3 Å². The van der Waals surface area contributed by atoms with Gasteiger partial charge in [-0.2, -0.15) is 0 Å². The number of ether oxygens (including phenoxy) is 1. The largest absolute Gasteiger partial charge is 0.451 e. The highest BCUT2D eigenvalue weighted by molar-refractivity contribution is 6.10. The van der Waals surface area contributed by atoms with Gasteiger partial charge in [0.1, 0.15) is 0 Å². The number of hydrogen-bond donors (Lipinski definition) is 1. The van der Waals surface area contributed by atoms with E-state index in [-0.39, 0.29) is 5.78 Å². The Kier molecular flexibility index (Phi) is 4.03. The quantitative estimate of drug-likeness (QED) is 0.527. The smallest absolute Gasteiger partial charge is 0.331 e. The maximum Gasteiger partial charge on any atom is 0.331 e. The van der Waals surface area contributed by atoms with Gasteiger partial charge in [-0.05, 0) is 26.8 Å². The van der Waals surface area contributed by atoms with Crippen LogP contribution in [-0.4, -0.2) is 22.8 Å². The summed E-state index contributed by atoms with van der Waals surface area (Å²) in [6.07, 6.45) is 2.22. The number of fused-ring (bicyclic) bond motifs is 1. The van der Waals surface area contributed by atoms with E-state index in [2.05, 4.69) is 4.98 Å². The molecule has 2 aromatic rings. The van der Waals surface area contributed by atoms with E-state index in [4.69, 9.17) is 4.74 Å². The first kappa shape index (κ1) is 14.1. The molecule has 4 heteroatoms. The van der Waals surface area contributed by atoms with Crippen LogP contribution in [0.15, 0.2) is 42.1 Å². The Labute approximate surface area is 117 Å². The Morgan fingerprint density at radius 2 is 1.95 bits per heavy atom. The molecule has 0 amide bonds. The number of hydrogen-bond acceptors (Lipinski definition) is 3. The lowest BCUT2D eigenvalue weighted by atomic mass is 10.1. The fourth-order valence-corrected chi connectivity index (χ4v) is 1.99. The predicted octanol–water partition coefficient (Wildman–Crippen LogP) is 3.25. The highest BCUT2D eigenvalue weighted by Gasteiger charge is 2.21. The molecule has 0 saturated carbocycles. The molecule has 0 aliphatic carbocycles. The summed E-state index contributed by atoms with van der Waals surface area (Å²) in [6.45, 7) is 5.18. The molecule has 1 N–H and O–H groups in total. The van der Waals surface area contributed by atoms with Crippen LogP contribution in [0.25, 0.3) is 10.9 Å². The van der Waals surface area contributed by atoms with E-state index in [0.717, 1.165) is 16.5 Å². The molecule has 0 aliphatic rings. The molecule has 4 nitrogen and oxygen atoms in total. The van der Waals surface area contributed by atoms with Crippen LogP contribution < -0.4 is 0 Å². The molecule has 1 atom stereocenters. The second-order valence-corrected chi connectivity index (χ2v) is 4.91. The minimum absolute atomic E-state index is 0.210. The summed E-state index contributed by atoms with van der Waals surface area (Å²) in [6, 6.07) is 7.52. The van der Waals surface area contributed by atoms with Crippen LogP contribution in [0, 0.1) is 0 Å². The zero-order valence-corrected chi connectivity index (χ0v) is 11.8. The van der Waals surface area contributed by atoms with Crippen molar-refractivity contribution < 1.29 is 14.3 Å². The molecule has 1 aromatic carbocycles. The number of carbonyl (C=O) groups is 2. The first-order chi connectivity index (χ1) is 9.49. The third kappa shape index (κ3) is 2.96. The first-order valence-electron chi connectivity index (χ1n) is 6.45. The van der Waals surface area contributed by atoms with E-state index in [9.17, 15) is 9.59 Å².